The third-order valence-electron chi connectivity index (χ3n) is 2.59. The fraction of sp³-hybridized carbons (Fsp3) is 0.417. The molecule has 2 heterocycles. The van der Waals surface area contributed by atoms with Gasteiger partial charge in [-0.15, -0.1) is 22.7 Å². The van der Waals surface area contributed by atoms with Gasteiger partial charge in [-0.05, 0) is 19.0 Å². The van der Waals surface area contributed by atoms with Crippen molar-refractivity contribution < 1.29 is 0 Å². The van der Waals surface area contributed by atoms with Gasteiger partial charge in [0.25, 0.3) is 0 Å². The third kappa shape index (κ3) is 3.68. The lowest BCUT2D eigenvalue weighted by Crippen LogP contribution is -2.23. The molecule has 1 atom stereocenters. The molecule has 0 amide bonds. The maximum atomic E-state index is 6.24. The van der Waals surface area contributed by atoms with E-state index >= 15 is 0 Å². The molecule has 0 aromatic carbocycles. The smallest absolute Gasteiger partial charge is 0.0992 e. The van der Waals surface area contributed by atoms with Crippen LogP contribution >= 0.6 is 45.9 Å². The van der Waals surface area contributed by atoms with Crippen molar-refractivity contribution in [2.24, 2.45) is 0 Å². The Balaban J connectivity index is 2.16. The first-order chi connectivity index (χ1) is 8.70. The molecule has 2 nitrogen and oxygen atoms in total. The molecule has 2 aromatic rings. The molecular weight excluding hydrogens is 307 g/mol. The number of hydrogen-bond acceptors (Lipinski definition) is 4. The van der Waals surface area contributed by atoms with Crippen LogP contribution in [0.15, 0.2) is 17.8 Å². The van der Waals surface area contributed by atoms with E-state index in [4.69, 9.17) is 23.2 Å². The average molecular weight is 321 g/mol. The minimum Gasteiger partial charge on any atom is -0.310 e. The summed E-state index contributed by atoms with van der Waals surface area (Å²) in [5.41, 5.74) is 2.95. The quantitative estimate of drug-likeness (QED) is 0.827. The molecule has 1 N–H and O–H groups in total. The first-order valence-corrected chi connectivity index (χ1v) is 8.21. The monoisotopic (exact) mass is 320 g/mol. The standard InChI is InChI=1S/C12H14Cl2N2S2/c1-2-3-16-10(4-8-6-15-7-17-8)9-5-11(13)18-12(9)14/h5-7,10,16H,2-4H2,1H3. The van der Waals surface area contributed by atoms with Gasteiger partial charge in [0.05, 0.1) is 14.2 Å². The summed E-state index contributed by atoms with van der Waals surface area (Å²) in [6.07, 6.45) is 3.90. The molecule has 2 aromatic heterocycles. The predicted molar refractivity (Wildman–Crippen MR) is 81.2 cm³/mol. The zero-order chi connectivity index (χ0) is 13.0. The van der Waals surface area contributed by atoms with Crippen LogP contribution in [0.25, 0.3) is 0 Å². The van der Waals surface area contributed by atoms with Gasteiger partial charge in [0.1, 0.15) is 0 Å². The van der Waals surface area contributed by atoms with Gasteiger partial charge in [-0.3, -0.25) is 4.98 Å². The van der Waals surface area contributed by atoms with Crippen molar-refractivity contribution in [1.29, 1.82) is 0 Å². The van der Waals surface area contributed by atoms with E-state index in [9.17, 15) is 0 Å². The van der Waals surface area contributed by atoms with E-state index in [1.165, 1.54) is 16.2 Å². The molecule has 0 saturated carbocycles. The fourth-order valence-corrected chi connectivity index (χ4v) is 3.97. The molecular formula is C12H14Cl2N2S2. The highest BCUT2D eigenvalue weighted by Crippen LogP contribution is 2.36. The van der Waals surface area contributed by atoms with Crippen molar-refractivity contribution in [3.05, 3.63) is 36.9 Å². The minimum atomic E-state index is 0.210. The number of nitrogens with one attached hydrogen (secondary N) is 1. The summed E-state index contributed by atoms with van der Waals surface area (Å²) >= 11 is 15.4. The second-order valence-corrected chi connectivity index (χ2v) is 7.21. The summed E-state index contributed by atoms with van der Waals surface area (Å²) in [5, 5.41) is 3.52. The third-order valence-corrected chi connectivity index (χ3v) is 4.91. The predicted octanol–water partition coefficient (Wildman–Crippen LogP) is 4.79. The lowest BCUT2D eigenvalue weighted by molar-refractivity contribution is 0.533. The summed E-state index contributed by atoms with van der Waals surface area (Å²) in [6.45, 7) is 3.12. The second kappa shape index (κ2) is 6.87. The van der Waals surface area contributed by atoms with E-state index in [0.717, 1.165) is 33.6 Å². The fourth-order valence-electron chi connectivity index (χ4n) is 1.75. The lowest BCUT2D eigenvalue weighted by Gasteiger charge is -2.17. The Morgan fingerprint density at radius 2 is 2.28 bits per heavy atom. The van der Waals surface area contributed by atoms with Gasteiger partial charge in [0.15, 0.2) is 0 Å². The SMILES string of the molecule is CCCNC(Cc1cncs1)c1cc(Cl)sc1Cl. The number of halogens is 2. The molecule has 0 spiro atoms. The summed E-state index contributed by atoms with van der Waals surface area (Å²) in [4.78, 5) is 5.36. The van der Waals surface area contributed by atoms with Gasteiger partial charge >= 0.3 is 0 Å². The first-order valence-electron chi connectivity index (χ1n) is 5.76. The number of thiazole rings is 1. The Kier molecular flexibility index (Phi) is 5.45. The van der Waals surface area contributed by atoms with Crippen molar-refractivity contribution in [1.82, 2.24) is 10.3 Å². The normalized spacial score (nSPS) is 12.8. The Labute approximate surface area is 125 Å². The number of nitrogens with zero attached hydrogens (tertiary/aromatic N) is 1. The maximum absolute atomic E-state index is 6.24. The van der Waals surface area contributed by atoms with Gasteiger partial charge in [0.2, 0.25) is 0 Å². The second-order valence-electron chi connectivity index (χ2n) is 3.96. The average Bonchev–Trinajstić information content (AvgIpc) is 2.94. The molecule has 0 aliphatic rings. The Morgan fingerprint density at radius 1 is 1.44 bits per heavy atom. The van der Waals surface area contributed by atoms with Gasteiger partial charge in [-0.1, -0.05) is 30.1 Å². The van der Waals surface area contributed by atoms with Crippen LogP contribution in [0.2, 0.25) is 8.67 Å². The van der Waals surface area contributed by atoms with Crippen LogP contribution in [0.1, 0.15) is 29.8 Å². The molecule has 1 unspecified atom stereocenters. The largest absolute Gasteiger partial charge is 0.310 e. The number of rotatable bonds is 6. The van der Waals surface area contributed by atoms with Crippen molar-refractivity contribution >= 4 is 45.9 Å². The van der Waals surface area contributed by atoms with Gasteiger partial charge in [0, 0.05) is 29.1 Å². The molecule has 6 heteroatoms. The molecule has 98 valence electrons. The number of thiophene rings is 1. The Hall–Kier alpha value is -0.130. The van der Waals surface area contributed by atoms with Gasteiger partial charge < -0.3 is 5.32 Å². The van der Waals surface area contributed by atoms with E-state index in [-0.39, 0.29) is 6.04 Å². The minimum absolute atomic E-state index is 0.210. The summed E-state index contributed by atoms with van der Waals surface area (Å²) in [5.74, 6) is 0. The van der Waals surface area contributed by atoms with E-state index in [2.05, 4.69) is 17.2 Å². The molecule has 0 bridgehead atoms. The van der Waals surface area contributed by atoms with Crippen molar-refractivity contribution in [3.63, 3.8) is 0 Å². The van der Waals surface area contributed by atoms with Crippen LogP contribution in [0.4, 0.5) is 0 Å². The van der Waals surface area contributed by atoms with Crippen LogP contribution in [-0.2, 0) is 6.42 Å². The van der Waals surface area contributed by atoms with E-state index in [1.807, 2.05) is 17.8 Å². The molecule has 0 saturated heterocycles. The summed E-state index contributed by atoms with van der Waals surface area (Å²) in [6, 6.07) is 2.17. The molecule has 18 heavy (non-hydrogen) atoms. The Bertz CT molecular complexity index is 482. The van der Waals surface area contributed by atoms with Crippen LogP contribution in [0, 0.1) is 0 Å². The highest BCUT2D eigenvalue weighted by Gasteiger charge is 2.18. The van der Waals surface area contributed by atoms with E-state index in [1.54, 1.807) is 11.3 Å². The van der Waals surface area contributed by atoms with Gasteiger partial charge in [-0.2, -0.15) is 0 Å². The highest BCUT2D eigenvalue weighted by atomic mass is 35.5. The molecule has 0 radical (unpaired) electrons. The van der Waals surface area contributed by atoms with Crippen molar-refractivity contribution in [2.45, 2.75) is 25.8 Å². The molecule has 0 aliphatic carbocycles. The van der Waals surface area contributed by atoms with Gasteiger partial charge in [-0.25, -0.2) is 0 Å². The van der Waals surface area contributed by atoms with Crippen LogP contribution in [-0.4, -0.2) is 11.5 Å². The van der Waals surface area contributed by atoms with Crippen molar-refractivity contribution in [3.8, 4) is 0 Å². The van der Waals surface area contributed by atoms with Crippen molar-refractivity contribution in [2.75, 3.05) is 6.54 Å². The van der Waals surface area contributed by atoms with Crippen LogP contribution in [0.3, 0.4) is 0 Å². The zero-order valence-electron chi connectivity index (χ0n) is 9.95. The first kappa shape index (κ1) is 14.3. The highest BCUT2D eigenvalue weighted by molar-refractivity contribution is 7.20. The summed E-state index contributed by atoms with van der Waals surface area (Å²) < 4.78 is 1.51. The zero-order valence-corrected chi connectivity index (χ0v) is 13.1. The van der Waals surface area contributed by atoms with E-state index < -0.39 is 0 Å². The summed E-state index contributed by atoms with van der Waals surface area (Å²) in [7, 11) is 0. The molecule has 0 aliphatic heterocycles. The number of hydrogen-bond donors (Lipinski definition) is 1. The van der Waals surface area contributed by atoms with Crippen LogP contribution in [0.5, 0.6) is 0 Å². The maximum Gasteiger partial charge on any atom is 0.0992 e. The van der Waals surface area contributed by atoms with Crippen LogP contribution < -0.4 is 5.32 Å². The topological polar surface area (TPSA) is 24.9 Å². The number of aromatic nitrogens is 1. The lowest BCUT2D eigenvalue weighted by atomic mass is 10.1. The molecule has 0 fully saturated rings. The Morgan fingerprint density at radius 3 is 2.83 bits per heavy atom. The van der Waals surface area contributed by atoms with E-state index in [0.29, 0.717) is 0 Å². The molecule has 2 rings (SSSR count).